The van der Waals surface area contributed by atoms with E-state index in [-0.39, 0.29) is 17.2 Å². The quantitative estimate of drug-likeness (QED) is 0.0433. The Morgan fingerprint density at radius 2 is 1.00 bits per heavy atom. The fourth-order valence-electron chi connectivity index (χ4n) is 5.61. The van der Waals surface area contributed by atoms with Crippen molar-refractivity contribution in [3.05, 3.63) is 12.2 Å². The molecule has 3 heteroatoms. The zero-order valence-corrected chi connectivity index (χ0v) is 26.0. The lowest BCUT2D eigenvalue weighted by atomic mass is 9.92. The van der Waals surface area contributed by atoms with Crippen LogP contribution in [0, 0.1) is 5.92 Å². The van der Waals surface area contributed by atoms with Crippen molar-refractivity contribution >= 4 is 19.9 Å². The van der Waals surface area contributed by atoms with Crippen molar-refractivity contribution in [2.75, 3.05) is 0 Å². The molecule has 3 unspecified atom stereocenters. The Kier molecular flexibility index (Phi) is 24.1. The van der Waals surface area contributed by atoms with E-state index in [2.05, 4.69) is 26.0 Å². The minimum atomic E-state index is -0.229. The van der Waals surface area contributed by atoms with Gasteiger partial charge in [0.05, 0.1) is 5.92 Å². The van der Waals surface area contributed by atoms with Crippen LogP contribution in [-0.4, -0.2) is 17.0 Å². The molecule has 0 aromatic heterocycles. The van der Waals surface area contributed by atoms with E-state index in [0.29, 0.717) is 20.7 Å². The number of carbonyl (C=O) groups is 2. The lowest BCUT2D eigenvalue weighted by Gasteiger charge is -2.34. The van der Waals surface area contributed by atoms with Crippen LogP contribution in [0.2, 0.25) is 0 Å². The van der Waals surface area contributed by atoms with Gasteiger partial charge in [0.25, 0.3) is 0 Å². The van der Waals surface area contributed by atoms with E-state index in [0.717, 1.165) is 19.3 Å². The second-order valence-electron chi connectivity index (χ2n) is 11.7. The third-order valence-corrected chi connectivity index (χ3v) is 9.75. The summed E-state index contributed by atoms with van der Waals surface area (Å²) in [5.74, 6) is 0.0299. The van der Waals surface area contributed by atoms with Gasteiger partial charge < -0.3 is 0 Å². The fourth-order valence-corrected chi connectivity index (χ4v) is 7.09. The maximum absolute atomic E-state index is 12.7. The molecule has 216 valence electrons. The van der Waals surface area contributed by atoms with Gasteiger partial charge >= 0.3 is 0 Å². The summed E-state index contributed by atoms with van der Waals surface area (Å²) in [4.78, 5) is 24.8. The zero-order valence-electron chi connectivity index (χ0n) is 25.0. The molecule has 1 heterocycles. The monoisotopic (exact) mass is 534 g/mol. The molecule has 0 spiro atoms. The highest BCUT2D eigenvalue weighted by Gasteiger charge is 2.43. The van der Waals surface area contributed by atoms with Crippen LogP contribution in [0.4, 0.5) is 0 Å². The first-order valence-electron chi connectivity index (χ1n) is 16.7. The Labute approximate surface area is 233 Å². The Bertz CT molecular complexity index is 570. The lowest BCUT2D eigenvalue weighted by Crippen LogP contribution is -2.40. The van der Waals surface area contributed by atoms with Crippen LogP contribution in [0.3, 0.4) is 0 Å². The van der Waals surface area contributed by atoms with Gasteiger partial charge in [0.15, 0.2) is 5.52 Å². The molecular weight excluding hydrogens is 471 g/mol. The molecule has 0 bridgehead atoms. The number of rotatable bonds is 28. The van der Waals surface area contributed by atoms with Gasteiger partial charge in [-0.1, -0.05) is 148 Å². The van der Waals surface area contributed by atoms with Crippen LogP contribution in [0.1, 0.15) is 181 Å². The normalized spacial score (nSPS) is 18.2. The van der Waals surface area contributed by atoms with Gasteiger partial charge in [-0.25, -0.2) is 0 Å². The summed E-state index contributed by atoms with van der Waals surface area (Å²) >= 11 is 0. The first-order chi connectivity index (χ1) is 18.2. The molecule has 1 aliphatic heterocycles. The maximum atomic E-state index is 12.7. The summed E-state index contributed by atoms with van der Waals surface area (Å²) in [6, 6.07) is 0. The van der Waals surface area contributed by atoms with Gasteiger partial charge in [0, 0.05) is 12.1 Å². The number of allylic oxidation sites excluding steroid dienone is 2. The van der Waals surface area contributed by atoms with Crippen LogP contribution in [-0.2, 0) is 9.59 Å². The number of Topliss-reactive ketones (excluding diaryl/α,β-unsaturated/α-hetero) is 1. The van der Waals surface area contributed by atoms with Crippen LogP contribution < -0.4 is 0 Å². The highest BCUT2D eigenvalue weighted by atomic mass is 31.1. The average molecular weight is 535 g/mol. The van der Waals surface area contributed by atoms with E-state index in [4.69, 9.17) is 0 Å². The van der Waals surface area contributed by atoms with Crippen LogP contribution in [0.5, 0.6) is 0 Å². The predicted molar refractivity (Wildman–Crippen MR) is 166 cm³/mol. The van der Waals surface area contributed by atoms with Crippen molar-refractivity contribution in [3.63, 3.8) is 0 Å². The molecule has 0 N–H and O–H groups in total. The van der Waals surface area contributed by atoms with E-state index >= 15 is 0 Å². The number of hydrogen-bond acceptors (Lipinski definition) is 2. The summed E-state index contributed by atoms with van der Waals surface area (Å²) in [6.45, 7) is 4.55. The average Bonchev–Trinajstić information content (AvgIpc) is 2.88. The van der Waals surface area contributed by atoms with Crippen LogP contribution in [0.25, 0.3) is 0 Å². The Balaban J connectivity index is 1.93. The molecule has 1 rings (SSSR count). The minimum absolute atomic E-state index is 0.229. The van der Waals surface area contributed by atoms with E-state index in [1.165, 1.54) is 141 Å². The number of unbranched alkanes of at least 4 members (excludes halogenated alkanes) is 21. The molecule has 0 saturated carbocycles. The molecule has 0 amide bonds. The van der Waals surface area contributed by atoms with E-state index in [1.54, 1.807) is 0 Å². The first kappa shape index (κ1) is 34.5. The summed E-state index contributed by atoms with van der Waals surface area (Å²) < 4.78 is 0. The SMILES string of the molecule is CCCCCCCCC=CCCCCCC1PC(=O)C1C(=O)CCCCCCCCCCCCCCC. The van der Waals surface area contributed by atoms with Crippen molar-refractivity contribution < 1.29 is 9.59 Å². The first-order valence-corrected chi connectivity index (χ1v) is 17.8. The molecule has 37 heavy (non-hydrogen) atoms. The third-order valence-electron chi connectivity index (χ3n) is 8.16. The fraction of sp³-hybridized carbons (Fsp3) is 0.882. The van der Waals surface area contributed by atoms with E-state index < -0.39 is 0 Å². The molecule has 0 aromatic carbocycles. The summed E-state index contributed by atoms with van der Waals surface area (Å²) in [5, 5.41) is 0. The highest BCUT2D eigenvalue weighted by Crippen LogP contribution is 2.46. The highest BCUT2D eigenvalue weighted by molar-refractivity contribution is 7.62. The Hall–Kier alpha value is -0.490. The molecule has 0 aromatic rings. The Morgan fingerprint density at radius 1 is 0.595 bits per heavy atom. The van der Waals surface area contributed by atoms with E-state index in [9.17, 15) is 9.59 Å². The molecule has 0 radical (unpaired) electrons. The second kappa shape index (κ2) is 25.8. The molecule has 1 saturated heterocycles. The minimum Gasteiger partial charge on any atom is -0.299 e. The number of hydrogen-bond donors (Lipinski definition) is 0. The van der Waals surface area contributed by atoms with Crippen LogP contribution >= 0.6 is 8.58 Å². The molecular formula is C34H63O2P. The van der Waals surface area contributed by atoms with Gasteiger partial charge in [-0.2, -0.15) is 0 Å². The van der Waals surface area contributed by atoms with Gasteiger partial charge in [-0.15, -0.1) is 0 Å². The Morgan fingerprint density at radius 3 is 1.46 bits per heavy atom. The number of carbonyl (C=O) groups excluding carboxylic acids is 2. The molecule has 1 fully saturated rings. The molecule has 1 aliphatic rings. The smallest absolute Gasteiger partial charge is 0.162 e. The van der Waals surface area contributed by atoms with Crippen molar-refractivity contribution in [3.8, 4) is 0 Å². The van der Waals surface area contributed by atoms with Gasteiger partial charge in [0.1, 0.15) is 5.78 Å². The molecule has 3 atom stereocenters. The van der Waals surface area contributed by atoms with Crippen molar-refractivity contribution in [2.45, 2.75) is 186 Å². The predicted octanol–water partition coefficient (Wildman–Crippen LogP) is 11.5. The van der Waals surface area contributed by atoms with Crippen molar-refractivity contribution in [1.29, 1.82) is 0 Å². The van der Waals surface area contributed by atoms with Gasteiger partial charge in [-0.05, 0) is 47.1 Å². The van der Waals surface area contributed by atoms with Crippen molar-refractivity contribution in [2.24, 2.45) is 5.92 Å². The van der Waals surface area contributed by atoms with Gasteiger partial charge in [0.2, 0.25) is 0 Å². The lowest BCUT2D eigenvalue weighted by molar-refractivity contribution is -0.130. The molecule has 2 nitrogen and oxygen atoms in total. The summed E-state index contributed by atoms with van der Waals surface area (Å²) in [7, 11) is 0.401. The standard InChI is InChI=1S/C34H63O2P/c1-3-5-7-9-11-13-15-17-19-21-23-25-27-29-31(35)33-32(37-34(33)36)30-28-26-24-22-20-18-16-14-12-10-8-6-4-2/h18,20,32-33,37H,3-17,19,21-30H2,1-2H3. The zero-order chi connectivity index (χ0) is 26.8. The number of ketones is 1. The van der Waals surface area contributed by atoms with E-state index in [1.807, 2.05) is 0 Å². The van der Waals surface area contributed by atoms with Crippen molar-refractivity contribution in [1.82, 2.24) is 0 Å². The maximum Gasteiger partial charge on any atom is 0.162 e. The molecule has 0 aliphatic carbocycles. The van der Waals surface area contributed by atoms with Crippen LogP contribution in [0.15, 0.2) is 12.2 Å². The topological polar surface area (TPSA) is 34.1 Å². The summed E-state index contributed by atoms with van der Waals surface area (Å²) in [5.41, 5.74) is 0.632. The largest absolute Gasteiger partial charge is 0.299 e. The second-order valence-corrected chi connectivity index (χ2v) is 13.2. The third kappa shape index (κ3) is 19.3. The van der Waals surface area contributed by atoms with Gasteiger partial charge in [-0.3, -0.25) is 9.59 Å². The summed E-state index contributed by atoms with van der Waals surface area (Å²) in [6.07, 6.45) is 38.0.